The van der Waals surface area contributed by atoms with Crippen LogP contribution in [-0.4, -0.2) is 20.5 Å². The number of allylic oxidation sites excluding steroid dienone is 1. The molecule has 4 nitrogen and oxygen atoms in total. The lowest BCUT2D eigenvalue weighted by atomic mass is 9.88. The Kier molecular flexibility index (Phi) is 3.84. The fraction of sp³-hybridized carbons (Fsp3) is 0.312. The highest BCUT2D eigenvalue weighted by atomic mass is 16.1. The van der Waals surface area contributed by atoms with E-state index in [0.29, 0.717) is 5.70 Å². The van der Waals surface area contributed by atoms with E-state index in [0.717, 1.165) is 11.1 Å². The molecule has 0 atom stereocenters. The van der Waals surface area contributed by atoms with Crippen LogP contribution >= 0.6 is 0 Å². The second-order valence-electron chi connectivity index (χ2n) is 5.86. The molecular weight excluding hydrogens is 250 g/mol. The molecule has 0 aliphatic heterocycles. The Morgan fingerprint density at radius 2 is 2.05 bits per heavy atom. The van der Waals surface area contributed by atoms with Crippen molar-refractivity contribution >= 4 is 17.6 Å². The van der Waals surface area contributed by atoms with Gasteiger partial charge in [-0.25, -0.2) is 9.67 Å². The topological polar surface area (TPSA) is 47.8 Å². The van der Waals surface area contributed by atoms with E-state index in [-0.39, 0.29) is 5.78 Å². The molecule has 20 heavy (non-hydrogen) atoms. The van der Waals surface area contributed by atoms with Crippen molar-refractivity contribution in [3.05, 3.63) is 48.0 Å². The van der Waals surface area contributed by atoms with Gasteiger partial charge in [0.15, 0.2) is 5.78 Å². The van der Waals surface area contributed by atoms with E-state index in [1.165, 1.54) is 11.0 Å². The molecule has 104 valence electrons. The highest BCUT2D eigenvalue weighted by molar-refractivity contribution is 6.21. The van der Waals surface area contributed by atoms with Crippen LogP contribution in [0.2, 0.25) is 0 Å². The van der Waals surface area contributed by atoms with Crippen LogP contribution in [0.15, 0.2) is 36.9 Å². The molecule has 1 aromatic carbocycles. The molecule has 2 rings (SSSR count). The third kappa shape index (κ3) is 3.20. The van der Waals surface area contributed by atoms with E-state index in [9.17, 15) is 4.79 Å². The van der Waals surface area contributed by atoms with Crippen molar-refractivity contribution in [3.8, 4) is 0 Å². The van der Waals surface area contributed by atoms with E-state index in [1.807, 2.05) is 58.0 Å². The maximum atomic E-state index is 12.6. The molecule has 2 aromatic rings. The molecule has 0 fully saturated rings. The number of Topliss-reactive ketones (excluding diaryl/α,β-unsaturated/α-hetero) is 1. The number of aromatic nitrogens is 3. The minimum Gasteiger partial charge on any atom is -0.292 e. The van der Waals surface area contributed by atoms with Gasteiger partial charge in [0.05, 0.1) is 0 Å². The predicted octanol–water partition coefficient (Wildman–Crippen LogP) is 3.20. The largest absolute Gasteiger partial charge is 0.292 e. The van der Waals surface area contributed by atoms with Crippen LogP contribution in [0.1, 0.15) is 31.9 Å². The van der Waals surface area contributed by atoms with Gasteiger partial charge in [0.1, 0.15) is 18.4 Å². The molecule has 1 heterocycles. The third-order valence-corrected chi connectivity index (χ3v) is 2.92. The van der Waals surface area contributed by atoms with Crippen molar-refractivity contribution < 1.29 is 4.79 Å². The van der Waals surface area contributed by atoms with Crippen LogP contribution < -0.4 is 0 Å². The molecule has 0 saturated carbocycles. The van der Waals surface area contributed by atoms with Gasteiger partial charge >= 0.3 is 0 Å². The molecule has 1 aromatic heterocycles. The van der Waals surface area contributed by atoms with Crippen molar-refractivity contribution in [1.82, 2.24) is 14.8 Å². The molecule has 0 N–H and O–H groups in total. The number of ketones is 1. The Balaban J connectivity index is 2.50. The molecule has 0 amide bonds. The summed E-state index contributed by atoms with van der Waals surface area (Å²) in [5, 5.41) is 4.09. The Hall–Kier alpha value is -2.23. The standard InChI is InChI=1S/C16H19N3O/c1-12-6-5-7-13(8-12)9-14(15(20)16(2,3)4)19-11-17-10-18-19/h5-11H,1-4H3/b14-9+. The molecule has 0 unspecified atom stereocenters. The summed E-state index contributed by atoms with van der Waals surface area (Å²) in [6, 6.07) is 8.01. The predicted molar refractivity (Wildman–Crippen MR) is 79.8 cm³/mol. The number of carbonyl (C=O) groups excluding carboxylic acids is 1. The minimum atomic E-state index is -0.471. The summed E-state index contributed by atoms with van der Waals surface area (Å²) >= 11 is 0. The Bertz CT molecular complexity index is 634. The van der Waals surface area contributed by atoms with Crippen LogP contribution in [0, 0.1) is 12.3 Å². The van der Waals surface area contributed by atoms with E-state index in [2.05, 4.69) is 10.1 Å². The summed E-state index contributed by atoms with van der Waals surface area (Å²) in [4.78, 5) is 16.5. The number of aryl methyl sites for hydroxylation is 1. The first-order chi connectivity index (χ1) is 9.38. The number of hydrogen-bond donors (Lipinski definition) is 0. The number of rotatable bonds is 3. The Morgan fingerprint density at radius 3 is 2.60 bits per heavy atom. The van der Waals surface area contributed by atoms with E-state index in [1.54, 1.807) is 6.33 Å². The maximum Gasteiger partial charge on any atom is 0.186 e. The van der Waals surface area contributed by atoms with Gasteiger partial charge in [-0.05, 0) is 18.6 Å². The Morgan fingerprint density at radius 1 is 1.30 bits per heavy atom. The highest BCUT2D eigenvalue weighted by Gasteiger charge is 2.26. The minimum absolute atomic E-state index is 0.0320. The van der Waals surface area contributed by atoms with Gasteiger partial charge in [0, 0.05) is 5.41 Å². The zero-order valence-corrected chi connectivity index (χ0v) is 12.3. The van der Waals surface area contributed by atoms with Gasteiger partial charge in [-0.3, -0.25) is 4.79 Å². The van der Waals surface area contributed by atoms with Gasteiger partial charge in [-0.15, -0.1) is 0 Å². The SMILES string of the molecule is Cc1cccc(/C=C(\C(=O)C(C)(C)C)n2cncn2)c1. The van der Waals surface area contributed by atoms with Crippen molar-refractivity contribution in [1.29, 1.82) is 0 Å². The van der Waals surface area contributed by atoms with E-state index >= 15 is 0 Å². The van der Waals surface area contributed by atoms with Gasteiger partial charge in [-0.2, -0.15) is 5.10 Å². The number of benzene rings is 1. The monoisotopic (exact) mass is 269 g/mol. The summed E-state index contributed by atoms with van der Waals surface area (Å²) in [5.41, 5.74) is 2.19. The summed E-state index contributed by atoms with van der Waals surface area (Å²) in [6.45, 7) is 7.72. The fourth-order valence-electron chi connectivity index (χ4n) is 1.87. The van der Waals surface area contributed by atoms with Crippen molar-refractivity contribution in [2.45, 2.75) is 27.7 Å². The molecule has 0 aliphatic rings. The fourth-order valence-corrected chi connectivity index (χ4v) is 1.87. The van der Waals surface area contributed by atoms with Crippen molar-refractivity contribution in [3.63, 3.8) is 0 Å². The molecule has 0 aliphatic carbocycles. The maximum absolute atomic E-state index is 12.6. The van der Waals surface area contributed by atoms with Gasteiger partial charge in [0.25, 0.3) is 0 Å². The third-order valence-electron chi connectivity index (χ3n) is 2.92. The average Bonchev–Trinajstić information content (AvgIpc) is 2.87. The van der Waals surface area contributed by atoms with Crippen molar-refractivity contribution in [2.24, 2.45) is 5.41 Å². The second-order valence-corrected chi connectivity index (χ2v) is 5.86. The van der Waals surface area contributed by atoms with Gasteiger partial charge < -0.3 is 0 Å². The Labute approximate surface area is 119 Å². The van der Waals surface area contributed by atoms with Crippen LogP contribution in [0.5, 0.6) is 0 Å². The normalized spacial score (nSPS) is 12.5. The smallest absolute Gasteiger partial charge is 0.186 e. The van der Waals surface area contributed by atoms with Crippen LogP contribution in [-0.2, 0) is 4.79 Å². The van der Waals surface area contributed by atoms with Crippen LogP contribution in [0.4, 0.5) is 0 Å². The zero-order chi connectivity index (χ0) is 14.8. The zero-order valence-electron chi connectivity index (χ0n) is 12.3. The molecule has 0 saturated heterocycles. The first-order valence-electron chi connectivity index (χ1n) is 6.56. The molecule has 0 spiro atoms. The first-order valence-corrected chi connectivity index (χ1v) is 6.56. The van der Waals surface area contributed by atoms with E-state index < -0.39 is 5.41 Å². The summed E-state index contributed by atoms with van der Waals surface area (Å²) in [7, 11) is 0. The average molecular weight is 269 g/mol. The lowest BCUT2D eigenvalue weighted by molar-refractivity contribution is -0.120. The quantitative estimate of drug-likeness (QED) is 0.804. The lowest BCUT2D eigenvalue weighted by Crippen LogP contribution is -2.24. The summed E-state index contributed by atoms with van der Waals surface area (Å²) < 4.78 is 1.52. The van der Waals surface area contributed by atoms with Crippen LogP contribution in [0.3, 0.4) is 0 Å². The number of nitrogens with zero attached hydrogens (tertiary/aromatic N) is 3. The van der Waals surface area contributed by atoms with Gasteiger partial charge in [-0.1, -0.05) is 50.6 Å². The molecule has 0 radical (unpaired) electrons. The second kappa shape index (κ2) is 5.41. The van der Waals surface area contributed by atoms with Crippen molar-refractivity contribution in [2.75, 3.05) is 0 Å². The summed E-state index contributed by atoms with van der Waals surface area (Å²) in [6.07, 6.45) is 4.83. The number of hydrogen-bond acceptors (Lipinski definition) is 3. The number of carbonyl (C=O) groups is 1. The molecule has 4 heteroatoms. The molecule has 0 bridgehead atoms. The van der Waals surface area contributed by atoms with Gasteiger partial charge in [0.2, 0.25) is 0 Å². The van der Waals surface area contributed by atoms with E-state index in [4.69, 9.17) is 0 Å². The lowest BCUT2D eigenvalue weighted by Gasteiger charge is -2.18. The highest BCUT2D eigenvalue weighted by Crippen LogP contribution is 2.24. The van der Waals surface area contributed by atoms with Crippen LogP contribution in [0.25, 0.3) is 11.8 Å². The first kappa shape index (κ1) is 14.2. The molecular formula is C16H19N3O. The summed E-state index contributed by atoms with van der Waals surface area (Å²) in [5.74, 6) is 0.0320.